The second-order valence-corrected chi connectivity index (χ2v) is 7.11. The standard InChI is InChI=1S/C24H23N3O3/c1-17-7-6-8-18(2)23(17)29-16-20-11-12-21(30-20)24(28)25-22-13-14-27(26-22)15-19-9-4-3-5-10-19/h3-14H,15-16H2,1-2H3,(H,25,26,28). The number of amides is 1. The van der Waals surface area contributed by atoms with Crippen LogP contribution >= 0.6 is 0 Å². The highest BCUT2D eigenvalue weighted by Gasteiger charge is 2.14. The van der Waals surface area contributed by atoms with E-state index in [1.807, 2.05) is 68.6 Å². The number of para-hydroxylation sites is 1. The van der Waals surface area contributed by atoms with E-state index in [1.54, 1.807) is 22.9 Å². The predicted molar refractivity (Wildman–Crippen MR) is 115 cm³/mol. The quantitative estimate of drug-likeness (QED) is 0.475. The van der Waals surface area contributed by atoms with Crippen LogP contribution in [0.4, 0.5) is 5.82 Å². The van der Waals surface area contributed by atoms with Crippen LogP contribution in [0.1, 0.15) is 33.0 Å². The van der Waals surface area contributed by atoms with Gasteiger partial charge >= 0.3 is 0 Å². The van der Waals surface area contributed by atoms with E-state index in [0.717, 1.165) is 22.4 Å². The van der Waals surface area contributed by atoms with Gasteiger partial charge in [-0.2, -0.15) is 5.10 Å². The van der Waals surface area contributed by atoms with Gasteiger partial charge < -0.3 is 14.5 Å². The van der Waals surface area contributed by atoms with Gasteiger partial charge in [0.2, 0.25) is 0 Å². The average molecular weight is 401 g/mol. The molecule has 0 fully saturated rings. The van der Waals surface area contributed by atoms with E-state index in [4.69, 9.17) is 9.15 Å². The lowest BCUT2D eigenvalue weighted by molar-refractivity contribution is 0.0992. The molecule has 0 unspecified atom stereocenters. The summed E-state index contributed by atoms with van der Waals surface area (Å²) in [4.78, 5) is 12.5. The molecular formula is C24H23N3O3. The van der Waals surface area contributed by atoms with Crippen molar-refractivity contribution in [3.63, 3.8) is 0 Å². The number of carbonyl (C=O) groups excluding carboxylic acids is 1. The topological polar surface area (TPSA) is 69.3 Å². The molecule has 1 N–H and O–H groups in total. The number of hydrogen-bond acceptors (Lipinski definition) is 4. The molecule has 1 amide bonds. The van der Waals surface area contributed by atoms with Crippen LogP contribution in [0.2, 0.25) is 0 Å². The minimum absolute atomic E-state index is 0.215. The largest absolute Gasteiger partial charge is 0.485 e. The van der Waals surface area contributed by atoms with Crippen LogP contribution in [0, 0.1) is 13.8 Å². The van der Waals surface area contributed by atoms with Crippen molar-refractivity contribution in [1.82, 2.24) is 9.78 Å². The SMILES string of the molecule is Cc1cccc(C)c1OCc1ccc(C(=O)Nc2ccn(Cc3ccccc3)n2)o1. The van der Waals surface area contributed by atoms with Gasteiger partial charge in [-0.1, -0.05) is 48.5 Å². The smallest absolute Gasteiger partial charge is 0.292 e. The molecule has 4 aromatic rings. The molecule has 2 aromatic heterocycles. The normalized spacial score (nSPS) is 10.7. The summed E-state index contributed by atoms with van der Waals surface area (Å²) in [7, 11) is 0. The third-order valence-electron chi connectivity index (χ3n) is 4.72. The molecule has 6 heteroatoms. The van der Waals surface area contributed by atoms with Crippen LogP contribution in [0.15, 0.2) is 77.3 Å². The van der Waals surface area contributed by atoms with Crippen molar-refractivity contribution < 1.29 is 13.9 Å². The molecule has 0 radical (unpaired) electrons. The molecule has 4 rings (SSSR count). The maximum atomic E-state index is 12.5. The lowest BCUT2D eigenvalue weighted by Crippen LogP contribution is -2.12. The zero-order valence-corrected chi connectivity index (χ0v) is 17.0. The van der Waals surface area contributed by atoms with Crippen LogP contribution in [-0.2, 0) is 13.2 Å². The number of furan rings is 1. The predicted octanol–water partition coefficient (Wildman–Crippen LogP) is 4.97. The zero-order chi connectivity index (χ0) is 20.9. The number of hydrogen-bond donors (Lipinski definition) is 1. The first-order chi connectivity index (χ1) is 14.6. The fraction of sp³-hybridized carbons (Fsp3) is 0.167. The fourth-order valence-electron chi connectivity index (χ4n) is 3.21. The molecule has 0 aliphatic carbocycles. The van der Waals surface area contributed by atoms with Gasteiger partial charge in [0, 0.05) is 12.3 Å². The third kappa shape index (κ3) is 4.60. The highest BCUT2D eigenvalue weighted by molar-refractivity contribution is 6.01. The Kier molecular flexibility index (Phi) is 5.66. The maximum absolute atomic E-state index is 12.5. The number of aryl methyl sites for hydroxylation is 2. The summed E-state index contributed by atoms with van der Waals surface area (Å²) in [5.41, 5.74) is 3.26. The van der Waals surface area contributed by atoms with Gasteiger partial charge in [0.05, 0.1) is 6.54 Å². The lowest BCUT2D eigenvalue weighted by Gasteiger charge is -2.10. The molecule has 0 aliphatic rings. The molecule has 6 nitrogen and oxygen atoms in total. The van der Waals surface area contributed by atoms with E-state index in [1.165, 1.54) is 0 Å². The highest BCUT2D eigenvalue weighted by atomic mass is 16.5. The molecule has 0 saturated carbocycles. The van der Waals surface area contributed by atoms with E-state index < -0.39 is 0 Å². The summed E-state index contributed by atoms with van der Waals surface area (Å²) < 4.78 is 13.3. The maximum Gasteiger partial charge on any atom is 0.292 e. The van der Waals surface area contributed by atoms with E-state index in [2.05, 4.69) is 10.4 Å². The number of nitrogens with zero attached hydrogens (tertiary/aromatic N) is 2. The summed E-state index contributed by atoms with van der Waals surface area (Å²) in [5.74, 6) is 1.76. The number of benzene rings is 2. The molecular weight excluding hydrogens is 378 g/mol. The second kappa shape index (κ2) is 8.69. The first-order valence-electron chi connectivity index (χ1n) is 9.75. The van der Waals surface area contributed by atoms with Crippen LogP contribution in [0.25, 0.3) is 0 Å². The Morgan fingerprint density at radius 1 is 1.00 bits per heavy atom. The molecule has 30 heavy (non-hydrogen) atoms. The van der Waals surface area contributed by atoms with Crippen molar-refractivity contribution in [3.05, 3.63) is 101 Å². The van der Waals surface area contributed by atoms with E-state index in [0.29, 0.717) is 18.1 Å². The van der Waals surface area contributed by atoms with Crippen molar-refractivity contribution in [1.29, 1.82) is 0 Å². The minimum atomic E-state index is -0.349. The molecule has 0 atom stereocenters. The van der Waals surface area contributed by atoms with Gasteiger partial charge in [-0.25, -0.2) is 0 Å². The Bertz CT molecular complexity index is 1130. The molecule has 2 heterocycles. The number of anilines is 1. The van der Waals surface area contributed by atoms with Crippen LogP contribution < -0.4 is 10.1 Å². The molecule has 2 aromatic carbocycles. The Labute approximate surface area is 175 Å². The van der Waals surface area contributed by atoms with Gasteiger partial charge in [0.15, 0.2) is 11.6 Å². The zero-order valence-electron chi connectivity index (χ0n) is 17.0. The molecule has 0 bridgehead atoms. The van der Waals surface area contributed by atoms with Crippen LogP contribution in [0.3, 0.4) is 0 Å². The molecule has 0 saturated heterocycles. The number of nitrogens with one attached hydrogen (secondary N) is 1. The third-order valence-corrected chi connectivity index (χ3v) is 4.72. The van der Waals surface area contributed by atoms with Crippen LogP contribution in [0.5, 0.6) is 5.75 Å². The van der Waals surface area contributed by atoms with Gasteiger partial charge in [-0.3, -0.25) is 9.48 Å². The Morgan fingerprint density at radius 2 is 1.77 bits per heavy atom. The second-order valence-electron chi connectivity index (χ2n) is 7.11. The summed E-state index contributed by atoms with van der Waals surface area (Å²) >= 11 is 0. The van der Waals surface area contributed by atoms with E-state index in [-0.39, 0.29) is 18.3 Å². The summed E-state index contributed by atoms with van der Waals surface area (Å²) in [6.45, 7) is 4.89. The van der Waals surface area contributed by atoms with Crippen molar-refractivity contribution >= 4 is 11.7 Å². The number of ether oxygens (including phenoxy) is 1. The molecule has 0 spiro atoms. The first-order valence-corrected chi connectivity index (χ1v) is 9.75. The Balaban J connectivity index is 1.35. The molecule has 152 valence electrons. The van der Waals surface area contributed by atoms with Crippen LogP contribution in [-0.4, -0.2) is 15.7 Å². The van der Waals surface area contributed by atoms with E-state index >= 15 is 0 Å². The summed E-state index contributed by atoms with van der Waals surface area (Å²) in [6.07, 6.45) is 1.83. The van der Waals surface area contributed by atoms with Gasteiger partial charge in [-0.05, 0) is 42.7 Å². The monoisotopic (exact) mass is 401 g/mol. The van der Waals surface area contributed by atoms with Crippen molar-refractivity contribution in [2.45, 2.75) is 27.0 Å². The fourth-order valence-corrected chi connectivity index (χ4v) is 3.21. The van der Waals surface area contributed by atoms with Gasteiger partial charge in [0.1, 0.15) is 18.1 Å². The average Bonchev–Trinajstić information content (AvgIpc) is 3.38. The number of rotatable bonds is 7. The minimum Gasteiger partial charge on any atom is -0.485 e. The Hall–Kier alpha value is -3.80. The van der Waals surface area contributed by atoms with Gasteiger partial charge in [0.25, 0.3) is 5.91 Å². The van der Waals surface area contributed by atoms with Gasteiger partial charge in [-0.15, -0.1) is 0 Å². The first kappa shape index (κ1) is 19.5. The number of carbonyl (C=O) groups is 1. The summed E-state index contributed by atoms with van der Waals surface area (Å²) in [6, 6.07) is 21.2. The number of aromatic nitrogens is 2. The highest BCUT2D eigenvalue weighted by Crippen LogP contribution is 2.24. The Morgan fingerprint density at radius 3 is 2.53 bits per heavy atom. The van der Waals surface area contributed by atoms with E-state index in [9.17, 15) is 4.79 Å². The van der Waals surface area contributed by atoms with Crippen molar-refractivity contribution in [2.24, 2.45) is 0 Å². The van der Waals surface area contributed by atoms with Crippen molar-refractivity contribution in [3.8, 4) is 5.75 Å². The van der Waals surface area contributed by atoms with Crippen molar-refractivity contribution in [2.75, 3.05) is 5.32 Å². The lowest BCUT2D eigenvalue weighted by atomic mass is 10.1. The molecule has 0 aliphatic heterocycles. The summed E-state index contributed by atoms with van der Waals surface area (Å²) in [5, 5.41) is 7.16.